The zero-order chi connectivity index (χ0) is 11.1. The summed E-state index contributed by atoms with van der Waals surface area (Å²) in [5.41, 5.74) is 0.0676. The molecule has 1 aromatic rings. The Kier molecular flexibility index (Phi) is 4.34. The highest BCUT2D eigenvalue weighted by atomic mass is 16.3. The van der Waals surface area contributed by atoms with Crippen LogP contribution in [0, 0.1) is 0 Å². The molecule has 0 aliphatic heterocycles. The molecule has 0 aromatic carbocycles. The lowest BCUT2D eigenvalue weighted by Gasteiger charge is -2.03. The number of carbonyl (C=O) groups excluding carboxylic acids is 1. The minimum atomic E-state index is -0.349. The molecule has 0 aliphatic carbocycles. The van der Waals surface area contributed by atoms with E-state index in [0.29, 0.717) is 6.54 Å². The van der Waals surface area contributed by atoms with Crippen LogP contribution < -0.4 is 5.32 Å². The van der Waals surface area contributed by atoms with Crippen LogP contribution in [0.2, 0.25) is 0 Å². The van der Waals surface area contributed by atoms with E-state index in [9.17, 15) is 9.90 Å². The van der Waals surface area contributed by atoms with E-state index in [1.165, 1.54) is 12.3 Å². The SMILES string of the molecule is C/C=C/CCNC(=O)c1ncccc1O. The molecule has 0 bridgehead atoms. The monoisotopic (exact) mass is 206 g/mol. The Morgan fingerprint density at radius 2 is 2.47 bits per heavy atom. The van der Waals surface area contributed by atoms with Crippen molar-refractivity contribution in [2.45, 2.75) is 13.3 Å². The molecule has 80 valence electrons. The smallest absolute Gasteiger partial charge is 0.273 e. The number of nitrogens with one attached hydrogen (secondary N) is 1. The molecular weight excluding hydrogens is 192 g/mol. The van der Waals surface area contributed by atoms with Gasteiger partial charge in [0.25, 0.3) is 5.91 Å². The lowest BCUT2D eigenvalue weighted by molar-refractivity contribution is 0.0946. The maximum absolute atomic E-state index is 11.5. The van der Waals surface area contributed by atoms with Crippen LogP contribution in [-0.2, 0) is 0 Å². The Balaban J connectivity index is 2.51. The van der Waals surface area contributed by atoms with Crippen LogP contribution in [0.3, 0.4) is 0 Å². The van der Waals surface area contributed by atoms with Gasteiger partial charge in [0, 0.05) is 12.7 Å². The fourth-order valence-corrected chi connectivity index (χ4v) is 1.09. The van der Waals surface area contributed by atoms with E-state index in [2.05, 4.69) is 10.3 Å². The molecule has 1 rings (SSSR count). The molecule has 1 amide bonds. The van der Waals surface area contributed by atoms with Gasteiger partial charge in [0.2, 0.25) is 0 Å². The summed E-state index contributed by atoms with van der Waals surface area (Å²) in [5.74, 6) is -0.446. The molecule has 15 heavy (non-hydrogen) atoms. The van der Waals surface area contributed by atoms with Gasteiger partial charge >= 0.3 is 0 Å². The quantitative estimate of drug-likeness (QED) is 0.579. The van der Waals surface area contributed by atoms with Gasteiger partial charge < -0.3 is 10.4 Å². The summed E-state index contributed by atoms with van der Waals surface area (Å²) in [6.45, 7) is 2.46. The number of aromatic nitrogens is 1. The van der Waals surface area contributed by atoms with Crippen molar-refractivity contribution in [3.05, 3.63) is 36.2 Å². The predicted molar refractivity (Wildman–Crippen MR) is 57.7 cm³/mol. The van der Waals surface area contributed by atoms with E-state index in [0.717, 1.165) is 6.42 Å². The van der Waals surface area contributed by atoms with Gasteiger partial charge in [-0.05, 0) is 25.5 Å². The molecule has 1 aromatic heterocycles. The maximum atomic E-state index is 11.5. The van der Waals surface area contributed by atoms with Gasteiger partial charge in [-0.2, -0.15) is 0 Å². The summed E-state index contributed by atoms with van der Waals surface area (Å²) < 4.78 is 0. The Bertz CT molecular complexity index is 361. The van der Waals surface area contributed by atoms with Crippen LogP contribution in [0.25, 0.3) is 0 Å². The van der Waals surface area contributed by atoms with Crippen LogP contribution in [-0.4, -0.2) is 22.5 Å². The van der Waals surface area contributed by atoms with Crippen molar-refractivity contribution in [2.24, 2.45) is 0 Å². The normalized spacial score (nSPS) is 10.5. The molecule has 0 saturated carbocycles. The second-order valence-electron chi connectivity index (χ2n) is 2.98. The second-order valence-corrected chi connectivity index (χ2v) is 2.98. The average Bonchev–Trinajstić information content (AvgIpc) is 2.25. The van der Waals surface area contributed by atoms with Gasteiger partial charge in [-0.3, -0.25) is 4.79 Å². The van der Waals surface area contributed by atoms with Crippen LogP contribution in [0.15, 0.2) is 30.5 Å². The molecule has 0 spiro atoms. The Labute approximate surface area is 88.7 Å². The van der Waals surface area contributed by atoms with Gasteiger partial charge in [0.15, 0.2) is 5.69 Å². The molecular formula is C11H14N2O2. The number of nitrogens with zero attached hydrogens (tertiary/aromatic N) is 1. The number of amides is 1. The van der Waals surface area contributed by atoms with Crippen LogP contribution in [0.5, 0.6) is 5.75 Å². The first-order valence-electron chi connectivity index (χ1n) is 4.79. The molecule has 0 atom stereocenters. The second kappa shape index (κ2) is 5.80. The van der Waals surface area contributed by atoms with Crippen LogP contribution in [0.4, 0.5) is 0 Å². The van der Waals surface area contributed by atoms with Crippen molar-refractivity contribution < 1.29 is 9.90 Å². The van der Waals surface area contributed by atoms with Crippen molar-refractivity contribution >= 4 is 5.91 Å². The maximum Gasteiger partial charge on any atom is 0.273 e. The van der Waals surface area contributed by atoms with Gasteiger partial charge in [-0.1, -0.05) is 12.2 Å². The Morgan fingerprint density at radius 3 is 3.13 bits per heavy atom. The number of rotatable bonds is 4. The predicted octanol–water partition coefficient (Wildman–Crippen LogP) is 1.48. The highest BCUT2D eigenvalue weighted by Crippen LogP contribution is 2.11. The standard InChI is InChI=1S/C11H14N2O2/c1-2-3-4-7-13-11(15)10-9(14)6-5-8-12-10/h2-3,5-6,8,14H,4,7H2,1H3,(H,13,15)/b3-2+. The number of hydrogen-bond acceptors (Lipinski definition) is 3. The molecule has 0 fully saturated rings. The lowest BCUT2D eigenvalue weighted by Crippen LogP contribution is -2.25. The Morgan fingerprint density at radius 1 is 1.67 bits per heavy atom. The number of hydrogen-bond donors (Lipinski definition) is 2. The first-order valence-corrected chi connectivity index (χ1v) is 4.79. The van der Waals surface area contributed by atoms with Gasteiger partial charge in [-0.25, -0.2) is 4.98 Å². The molecule has 0 unspecified atom stereocenters. The summed E-state index contributed by atoms with van der Waals surface area (Å²) >= 11 is 0. The van der Waals surface area contributed by atoms with E-state index < -0.39 is 0 Å². The fraction of sp³-hybridized carbons (Fsp3) is 0.273. The molecule has 4 nitrogen and oxygen atoms in total. The summed E-state index contributed by atoms with van der Waals surface area (Å²) in [6, 6.07) is 3.01. The van der Waals surface area contributed by atoms with Crippen LogP contribution >= 0.6 is 0 Å². The van der Waals surface area contributed by atoms with Gasteiger partial charge in [-0.15, -0.1) is 0 Å². The van der Waals surface area contributed by atoms with E-state index in [1.54, 1.807) is 6.07 Å². The van der Waals surface area contributed by atoms with E-state index in [-0.39, 0.29) is 17.4 Å². The largest absolute Gasteiger partial charge is 0.505 e. The topological polar surface area (TPSA) is 62.2 Å². The third kappa shape index (κ3) is 3.42. The van der Waals surface area contributed by atoms with Crippen molar-refractivity contribution in [3.8, 4) is 5.75 Å². The van der Waals surface area contributed by atoms with Crippen molar-refractivity contribution in [3.63, 3.8) is 0 Å². The first kappa shape index (κ1) is 11.2. The first-order chi connectivity index (χ1) is 7.25. The summed E-state index contributed by atoms with van der Waals surface area (Å²) in [7, 11) is 0. The summed E-state index contributed by atoms with van der Waals surface area (Å²) in [6.07, 6.45) is 6.12. The van der Waals surface area contributed by atoms with Crippen molar-refractivity contribution in [2.75, 3.05) is 6.54 Å². The number of pyridine rings is 1. The highest BCUT2D eigenvalue weighted by molar-refractivity contribution is 5.94. The van der Waals surface area contributed by atoms with Crippen molar-refractivity contribution in [1.29, 1.82) is 0 Å². The molecule has 2 N–H and O–H groups in total. The third-order valence-electron chi connectivity index (χ3n) is 1.83. The third-order valence-corrected chi connectivity index (χ3v) is 1.83. The molecule has 0 radical (unpaired) electrons. The fourth-order valence-electron chi connectivity index (χ4n) is 1.09. The highest BCUT2D eigenvalue weighted by Gasteiger charge is 2.10. The zero-order valence-corrected chi connectivity index (χ0v) is 8.60. The minimum absolute atomic E-state index is 0.0676. The van der Waals surface area contributed by atoms with E-state index >= 15 is 0 Å². The van der Waals surface area contributed by atoms with Gasteiger partial charge in [0.1, 0.15) is 5.75 Å². The molecule has 4 heteroatoms. The van der Waals surface area contributed by atoms with Gasteiger partial charge in [0.05, 0.1) is 0 Å². The molecule has 0 aliphatic rings. The van der Waals surface area contributed by atoms with E-state index in [1.807, 2.05) is 19.1 Å². The summed E-state index contributed by atoms with van der Waals surface area (Å²) in [4.78, 5) is 15.3. The minimum Gasteiger partial charge on any atom is -0.505 e. The summed E-state index contributed by atoms with van der Waals surface area (Å²) in [5, 5.41) is 12.0. The average molecular weight is 206 g/mol. The molecule has 1 heterocycles. The van der Waals surface area contributed by atoms with Crippen molar-refractivity contribution in [1.82, 2.24) is 10.3 Å². The lowest BCUT2D eigenvalue weighted by atomic mass is 10.3. The number of aromatic hydroxyl groups is 1. The molecule has 0 saturated heterocycles. The number of carbonyl (C=O) groups is 1. The van der Waals surface area contributed by atoms with E-state index in [4.69, 9.17) is 0 Å². The zero-order valence-electron chi connectivity index (χ0n) is 8.60. The Hall–Kier alpha value is -1.84. The number of allylic oxidation sites excluding steroid dienone is 1. The van der Waals surface area contributed by atoms with Crippen LogP contribution in [0.1, 0.15) is 23.8 Å².